The summed E-state index contributed by atoms with van der Waals surface area (Å²) in [5.74, 6) is -0.0102. The van der Waals surface area contributed by atoms with Crippen LogP contribution in [0.4, 0.5) is 5.69 Å². The molecule has 0 amide bonds. The Morgan fingerprint density at radius 1 is 1.35 bits per heavy atom. The molecule has 0 unspecified atom stereocenters. The van der Waals surface area contributed by atoms with Gasteiger partial charge in [0.15, 0.2) is 5.78 Å². The fourth-order valence-electron chi connectivity index (χ4n) is 1.16. The molecule has 1 aromatic rings. The molecule has 0 bridgehead atoms. The lowest BCUT2D eigenvalue weighted by Crippen LogP contribution is -2.17. The highest BCUT2D eigenvalue weighted by atomic mass is 16.6. The highest BCUT2D eigenvalue weighted by Crippen LogP contribution is 2.18. The molecule has 90 valence electrons. The van der Waals surface area contributed by atoms with Gasteiger partial charge in [-0.1, -0.05) is 39.0 Å². The predicted molar refractivity (Wildman–Crippen MR) is 66.6 cm³/mol. The summed E-state index contributed by atoms with van der Waals surface area (Å²) in [6.07, 6.45) is 3.06. The second kappa shape index (κ2) is 4.91. The Kier molecular flexibility index (Phi) is 3.78. The van der Waals surface area contributed by atoms with Gasteiger partial charge in [0, 0.05) is 17.5 Å². The lowest BCUT2D eigenvalue weighted by Gasteiger charge is -2.12. The van der Waals surface area contributed by atoms with Gasteiger partial charge >= 0.3 is 0 Å². The summed E-state index contributed by atoms with van der Waals surface area (Å²) in [6, 6.07) is 6.17. The smallest absolute Gasteiger partial charge is 0.270 e. The normalized spacial score (nSPS) is 11.7. The topological polar surface area (TPSA) is 60.2 Å². The summed E-state index contributed by atoms with van der Waals surface area (Å²) in [7, 11) is 0. The van der Waals surface area contributed by atoms with Crippen molar-refractivity contribution in [1.82, 2.24) is 0 Å². The van der Waals surface area contributed by atoms with E-state index >= 15 is 0 Å². The average Bonchev–Trinajstić information content (AvgIpc) is 2.25. The lowest BCUT2D eigenvalue weighted by molar-refractivity contribution is -0.384. The van der Waals surface area contributed by atoms with Crippen LogP contribution in [0.3, 0.4) is 0 Å². The highest BCUT2D eigenvalue weighted by molar-refractivity contribution is 5.97. The van der Waals surface area contributed by atoms with Crippen LogP contribution in [-0.2, 0) is 4.79 Å². The summed E-state index contributed by atoms with van der Waals surface area (Å²) in [5, 5.41) is 10.6. The van der Waals surface area contributed by atoms with Crippen LogP contribution in [0.1, 0.15) is 26.3 Å². The fourth-order valence-corrected chi connectivity index (χ4v) is 1.16. The van der Waals surface area contributed by atoms with Gasteiger partial charge < -0.3 is 0 Å². The number of carbonyl (C=O) groups is 1. The molecule has 4 nitrogen and oxygen atoms in total. The first-order chi connectivity index (χ1) is 7.80. The van der Waals surface area contributed by atoms with Crippen LogP contribution < -0.4 is 0 Å². The molecular formula is C13H15NO3. The fraction of sp³-hybridized carbons (Fsp3) is 0.308. The Morgan fingerprint density at radius 3 is 2.53 bits per heavy atom. The maximum absolute atomic E-state index is 11.6. The van der Waals surface area contributed by atoms with E-state index < -0.39 is 10.3 Å². The van der Waals surface area contributed by atoms with Gasteiger partial charge in [0.2, 0.25) is 0 Å². The van der Waals surface area contributed by atoms with Crippen LogP contribution in [0.2, 0.25) is 0 Å². The Morgan fingerprint density at radius 2 is 2.00 bits per heavy atom. The van der Waals surface area contributed by atoms with Gasteiger partial charge in [-0.15, -0.1) is 0 Å². The molecule has 0 aromatic heterocycles. The highest BCUT2D eigenvalue weighted by Gasteiger charge is 2.17. The molecule has 0 saturated carbocycles. The summed E-state index contributed by atoms with van der Waals surface area (Å²) >= 11 is 0. The van der Waals surface area contributed by atoms with Crippen molar-refractivity contribution in [3.63, 3.8) is 0 Å². The first-order valence-corrected chi connectivity index (χ1v) is 5.27. The van der Waals surface area contributed by atoms with E-state index in [1.54, 1.807) is 18.2 Å². The molecule has 17 heavy (non-hydrogen) atoms. The van der Waals surface area contributed by atoms with Gasteiger partial charge in [-0.05, 0) is 11.6 Å². The van der Waals surface area contributed by atoms with E-state index in [0.717, 1.165) is 0 Å². The van der Waals surface area contributed by atoms with E-state index in [-0.39, 0.29) is 11.5 Å². The Balaban J connectivity index is 2.89. The third kappa shape index (κ3) is 3.83. The van der Waals surface area contributed by atoms with E-state index in [2.05, 4.69) is 0 Å². The van der Waals surface area contributed by atoms with Gasteiger partial charge in [-0.3, -0.25) is 14.9 Å². The van der Waals surface area contributed by atoms with Gasteiger partial charge in [0.25, 0.3) is 5.69 Å². The summed E-state index contributed by atoms with van der Waals surface area (Å²) < 4.78 is 0. The van der Waals surface area contributed by atoms with Crippen molar-refractivity contribution in [2.75, 3.05) is 0 Å². The second-order valence-corrected chi connectivity index (χ2v) is 4.80. The number of ketones is 1. The van der Waals surface area contributed by atoms with E-state index in [4.69, 9.17) is 0 Å². The molecule has 1 rings (SSSR count). The molecular weight excluding hydrogens is 218 g/mol. The third-order valence-corrected chi connectivity index (χ3v) is 2.25. The zero-order valence-corrected chi connectivity index (χ0v) is 10.1. The zero-order valence-electron chi connectivity index (χ0n) is 10.1. The van der Waals surface area contributed by atoms with Crippen molar-refractivity contribution >= 4 is 17.5 Å². The second-order valence-electron chi connectivity index (χ2n) is 4.80. The number of benzene rings is 1. The minimum absolute atomic E-state index is 0.0102. The standard InChI is InChI=1S/C13H15NO3/c1-13(2,3)12(15)8-7-10-5-4-6-11(9-10)14(16)17/h4-9H,1-3H3/b8-7-. The van der Waals surface area contributed by atoms with Crippen LogP contribution in [0, 0.1) is 15.5 Å². The van der Waals surface area contributed by atoms with Gasteiger partial charge in [0.1, 0.15) is 0 Å². The molecule has 0 heterocycles. The Labute approximate surface area is 100 Å². The van der Waals surface area contributed by atoms with Crippen molar-refractivity contribution in [1.29, 1.82) is 0 Å². The van der Waals surface area contributed by atoms with Crippen LogP contribution in [0.5, 0.6) is 0 Å². The number of nitrogens with zero attached hydrogens (tertiary/aromatic N) is 1. The Hall–Kier alpha value is -1.97. The number of allylic oxidation sites excluding steroid dienone is 1. The molecule has 0 radical (unpaired) electrons. The number of hydrogen-bond acceptors (Lipinski definition) is 3. The predicted octanol–water partition coefficient (Wildman–Crippen LogP) is 3.22. The lowest BCUT2D eigenvalue weighted by atomic mass is 9.90. The van der Waals surface area contributed by atoms with Crippen LogP contribution in [-0.4, -0.2) is 10.7 Å². The zero-order chi connectivity index (χ0) is 13.1. The molecule has 0 saturated heterocycles. The van der Waals surface area contributed by atoms with Crippen molar-refractivity contribution < 1.29 is 9.72 Å². The number of hydrogen-bond donors (Lipinski definition) is 0. The van der Waals surface area contributed by atoms with Crippen LogP contribution in [0.25, 0.3) is 6.08 Å². The van der Waals surface area contributed by atoms with Crippen LogP contribution >= 0.6 is 0 Å². The molecule has 0 atom stereocenters. The molecule has 1 aromatic carbocycles. The van der Waals surface area contributed by atoms with Gasteiger partial charge in [0.05, 0.1) is 4.92 Å². The van der Waals surface area contributed by atoms with Crippen LogP contribution in [0.15, 0.2) is 30.3 Å². The largest absolute Gasteiger partial charge is 0.294 e. The first-order valence-electron chi connectivity index (χ1n) is 5.27. The monoisotopic (exact) mass is 233 g/mol. The molecule has 0 fully saturated rings. The Bertz CT molecular complexity index is 470. The van der Waals surface area contributed by atoms with Crippen molar-refractivity contribution in [2.24, 2.45) is 5.41 Å². The summed E-state index contributed by atoms with van der Waals surface area (Å²) in [4.78, 5) is 21.7. The first kappa shape index (κ1) is 13.1. The number of nitro groups is 1. The van der Waals surface area contributed by atoms with Gasteiger partial charge in [-0.2, -0.15) is 0 Å². The van der Waals surface area contributed by atoms with Crippen molar-refractivity contribution in [3.05, 3.63) is 46.0 Å². The van der Waals surface area contributed by atoms with Gasteiger partial charge in [-0.25, -0.2) is 0 Å². The maximum atomic E-state index is 11.6. The molecule has 4 heteroatoms. The maximum Gasteiger partial charge on any atom is 0.270 e. The average molecular weight is 233 g/mol. The SMILES string of the molecule is CC(C)(C)C(=O)/C=C\c1cccc([N+](=O)[O-])c1. The molecule has 0 N–H and O–H groups in total. The van der Waals surface area contributed by atoms with E-state index in [0.29, 0.717) is 5.56 Å². The molecule has 0 aliphatic heterocycles. The quantitative estimate of drug-likeness (QED) is 0.457. The summed E-state index contributed by atoms with van der Waals surface area (Å²) in [5.41, 5.74) is 0.240. The number of carbonyl (C=O) groups excluding carboxylic acids is 1. The van der Waals surface area contributed by atoms with E-state index in [9.17, 15) is 14.9 Å². The van der Waals surface area contributed by atoms with Crippen molar-refractivity contribution in [3.8, 4) is 0 Å². The number of nitro benzene ring substituents is 1. The number of non-ortho nitro benzene ring substituents is 1. The molecule has 0 aliphatic rings. The molecule has 0 aliphatic carbocycles. The number of rotatable bonds is 3. The minimum atomic E-state index is -0.455. The minimum Gasteiger partial charge on any atom is -0.294 e. The summed E-state index contributed by atoms with van der Waals surface area (Å²) in [6.45, 7) is 5.48. The van der Waals surface area contributed by atoms with Crippen molar-refractivity contribution in [2.45, 2.75) is 20.8 Å². The van der Waals surface area contributed by atoms with E-state index in [1.807, 2.05) is 20.8 Å². The molecule has 0 spiro atoms. The van der Waals surface area contributed by atoms with E-state index in [1.165, 1.54) is 18.2 Å². The third-order valence-electron chi connectivity index (χ3n) is 2.25.